The number of fused-ring (bicyclic) bond motifs is 1. The van der Waals surface area contributed by atoms with E-state index in [1.54, 1.807) is 25.2 Å². The quantitative estimate of drug-likeness (QED) is 0.472. The Kier molecular flexibility index (Phi) is 3.09. The zero-order valence-corrected chi connectivity index (χ0v) is 12.3. The second-order valence-corrected chi connectivity index (χ2v) is 5.32. The Balaban J connectivity index is 2.06. The van der Waals surface area contributed by atoms with Gasteiger partial charge in [-0.15, -0.1) is 0 Å². The average Bonchev–Trinajstić information content (AvgIpc) is 2.94. The topological polar surface area (TPSA) is 87.3 Å². The van der Waals surface area contributed by atoms with Crippen LogP contribution < -0.4 is 4.74 Å². The molecule has 8 heteroatoms. The third-order valence-electron chi connectivity index (χ3n) is 3.03. The third kappa shape index (κ3) is 2.23. The van der Waals surface area contributed by atoms with Gasteiger partial charge in [0.15, 0.2) is 5.76 Å². The van der Waals surface area contributed by atoms with Crippen molar-refractivity contribution >= 4 is 33.6 Å². The lowest BCUT2D eigenvalue weighted by atomic mass is 10.1. The fraction of sp³-hybridized carbons (Fsp3) is 0.0769. The van der Waals surface area contributed by atoms with Crippen LogP contribution in [-0.2, 0) is 7.05 Å². The zero-order chi connectivity index (χ0) is 15.1. The summed E-state index contributed by atoms with van der Waals surface area (Å²) in [6, 6.07) is 5.06. The van der Waals surface area contributed by atoms with Crippen LogP contribution in [0.5, 0.6) is 5.75 Å². The highest BCUT2D eigenvalue weighted by Crippen LogP contribution is 2.34. The maximum Gasteiger partial charge on any atom is 0.389 e. The van der Waals surface area contributed by atoms with Crippen LogP contribution in [0.1, 0.15) is 16.1 Å². The normalized spacial score (nSPS) is 15.1. The summed E-state index contributed by atoms with van der Waals surface area (Å²) in [5.41, 5.74) is 0.621. The van der Waals surface area contributed by atoms with Gasteiger partial charge in [-0.3, -0.25) is 4.79 Å². The van der Waals surface area contributed by atoms with E-state index in [4.69, 9.17) is 4.74 Å². The third-order valence-corrected chi connectivity index (χ3v) is 3.53. The first-order chi connectivity index (χ1) is 9.97. The summed E-state index contributed by atoms with van der Waals surface area (Å²) in [4.78, 5) is 26.3. The van der Waals surface area contributed by atoms with Crippen LogP contribution in [0.4, 0.5) is 5.82 Å². The van der Waals surface area contributed by atoms with E-state index in [0.29, 0.717) is 11.3 Å². The van der Waals surface area contributed by atoms with Crippen molar-refractivity contribution < 1.29 is 14.5 Å². The molecule has 1 aliphatic rings. The molecular formula is C13H8BrN3O4. The van der Waals surface area contributed by atoms with Crippen LogP contribution in [0.2, 0.25) is 0 Å². The second kappa shape index (κ2) is 4.81. The molecule has 7 nitrogen and oxygen atoms in total. The Hall–Kier alpha value is -2.48. The molecule has 2 heterocycles. The number of hydrogen-bond donors (Lipinski definition) is 0. The number of carbonyl (C=O) groups excluding carboxylic acids is 1. The van der Waals surface area contributed by atoms with Crippen molar-refractivity contribution in [2.24, 2.45) is 7.05 Å². The molecule has 0 fully saturated rings. The van der Waals surface area contributed by atoms with Crippen molar-refractivity contribution in [1.29, 1.82) is 0 Å². The highest BCUT2D eigenvalue weighted by molar-refractivity contribution is 9.10. The monoisotopic (exact) mass is 349 g/mol. The Morgan fingerprint density at radius 3 is 2.95 bits per heavy atom. The van der Waals surface area contributed by atoms with Crippen molar-refractivity contribution in [2.45, 2.75) is 0 Å². The second-order valence-electron chi connectivity index (χ2n) is 4.40. The number of carbonyl (C=O) groups is 1. The molecule has 0 atom stereocenters. The number of nitro groups is 1. The lowest BCUT2D eigenvalue weighted by Gasteiger charge is -1.99. The van der Waals surface area contributed by atoms with Crippen molar-refractivity contribution in [3.05, 3.63) is 56.1 Å². The number of rotatable bonds is 2. The van der Waals surface area contributed by atoms with Gasteiger partial charge in [0.1, 0.15) is 11.4 Å². The average molecular weight is 350 g/mol. The smallest absolute Gasteiger partial charge is 0.389 e. The van der Waals surface area contributed by atoms with Gasteiger partial charge in [-0.1, -0.05) is 15.9 Å². The predicted molar refractivity (Wildman–Crippen MR) is 76.9 cm³/mol. The van der Waals surface area contributed by atoms with E-state index in [1.807, 2.05) is 0 Å². The molecule has 0 N–H and O–H groups in total. The molecule has 1 aromatic heterocycles. The van der Waals surface area contributed by atoms with Gasteiger partial charge < -0.3 is 19.4 Å². The van der Waals surface area contributed by atoms with Gasteiger partial charge in [0.05, 0.1) is 5.56 Å². The molecule has 1 aliphatic heterocycles. The number of aromatic nitrogens is 2. The van der Waals surface area contributed by atoms with Crippen molar-refractivity contribution in [1.82, 2.24) is 9.55 Å². The minimum atomic E-state index is -0.602. The number of aryl methyl sites for hydroxylation is 1. The number of ketones is 1. The van der Waals surface area contributed by atoms with Gasteiger partial charge in [-0.05, 0) is 28.1 Å². The Morgan fingerprint density at radius 2 is 2.24 bits per heavy atom. The SMILES string of the molecule is Cn1cnc([N+](=O)[O-])c1/C=C1\Oc2ccc(Br)cc2C1=O. The molecule has 3 rings (SSSR count). The molecule has 0 radical (unpaired) electrons. The number of Topliss-reactive ketones (excluding diaryl/α,β-unsaturated/α-hetero) is 1. The van der Waals surface area contributed by atoms with E-state index in [2.05, 4.69) is 20.9 Å². The van der Waals surface area contributed by atoms with Crippen molar-refractivity contribution in [2.75, 3.05) is 0 Å². The largest absolute Gasteiger partial charge is 0.452 e. The van der Waals surface area contributed by atoms with E-state index in [9.17, 15) is 14.9 Å². The molecule has 0 amide bonds. The van der Waals surface area contributed by atoms with E-state index in [-0.39, 0.29) is 23.1 Å². The van der Waals surface area contributed by atoms with E-state index >= 15 is 0 Å². The number of imidazole rings is 1. The van der Waals surface area contributed by atoms with Gasteiger partial charge in [-0.25, -0.2) is 0 Å². The predicted octanol–water partition coefficient (Wildman–Crippen LogP) is 2.71. The lowest BCUT2D eigenvalue weighted by molar-refractivity contribution is -0.389. The summed E-state index contributed by atoms with van der Waals surface area (Å²) < 4.78 is 7.68. The van der Waals surface area contributed by atoms with Gasteiger partial charge in [0.2, 0.25) is 12.1 Å². The van der Waals surface area contributed by atoms with Crippen LogP contribution in [0.25, 0.3) is 6.08 Å². The molecule has 0 spiro atoms. The molecule has 0 bridgehead atoms. The van der Waals surface area contributed by atoms with Gasteiger partial charge in [0.25, 0.3) is 0 Å². The Labute approximate surface area is 127 Å². The number of benzene rings is 1. The summed E-state index contributed by atoms with van der Waals surface area (Å²) in [5.74, 6) is -0.172. The maximum atomic E-state index is 12.3. The van der Waals surface area contributed by atoms with Crippen molar-refractivity contribution in [3.63, 3.8) is 0 Å². The van der Waals surface area contributed by atoms with Crippen LogP contribution in [0, 0.1) is 10.1 Å². The molecule has 0 unspecified atom stereocenters. The number of hydrogen-bond acceptors (Lipinski definition) is 5. The summed E-state index contributed by atoms with van der Waals surface area (Å²) >= 11 is 3.28. The zero-order valence-electron chi connectivity index (χ0n) is 10.7. The maximum absolute atomic E-state index is 12.3. The summed E-state index contributed by atoms with van der Waals surface area (Å²) in [6.45, 7) is 0. The molecule has 21 heavy (non-hydrogen) atoms. The summed E-state index contributed by atoms with van der Waals surface area (Å²) in [5, 5.41) is 10.9. The summed E-state index contributed by atoms with van der Waals surface area (Å²) in [6.07, 6.45) is 2.65. The van der Waals surface area contributed by atoms with Gasteiger partial charge in [0, 0.05) is 17.6 Å². The molecule has 0 aliphatic carbocycles. The fourth-order valence-corrected chi connectivity index (χ4v) is 2.38. The van der Waals surface area contributed by atoms with E-state index in [0.717, 1.165) is 4.47 Å². The first kappa shape index (κ1) is 13.5. The van der Waals surface area contributed by atoms with Crippen LogP contribution in [0.3, 0.4) is 0 Å². The molecular weight excluding hydrogens is 342 g/mol. The molecule has 106 valence electrons. The first-order valence-electron chi connectivity index (χ1n) is 5.87. The molecule has 1 aromatic carbocycles. The Bertz CT molecular complexity index is 810. The van der Waals surface area contributed by atoms with E-state index in [1.165, 1.54) is 17.0 Å². The standard InChI is InChI=1S/C13H8BrN3O4/c1-16-6-15-13(17(19)20)9(16)5-11-12(18)8-4-7(14)2-3-10(8)21-11/h2-6H,1H3/b11-5-. The minimum absolute atomic E-state index is 0.0369. The molecule has 0 saturated carbocycles. The molecule has 2 aromatic rings. The number of ether oxygens (including phenoxy) is 1. The lowest BCUT2D eigenvalue weighted by Crippen LogP contribution is -2.01. The van der Waals surface area contributed by atoms with Gasteiger partial charge >= 0.3 is 5.82 Å². The summed E-state index contributed by atoms with van der Waals surface area (Å²) in [7, 11) is 1.61. The highest BCUT2D eigenvalue weighted by Gasteiger charge is 2.29. The number of halogens is 1. The highest BCUT2D eigenvalue weighted by atomic mass is 79.9. The van der Waals surface area contributed by atoms with Crippen LogP contribution in [0.15, 0.2) is 34.8 Å². The van der Waals surface area contributed by atoms with Crippen LogP contribution in [-0.4, -0.2) is 20.3 Å². The minimum Gasteiger partial charge on any atom is -0.452 e. The van der Waals surface area contributed by atoms with Crippen molar-refractivity contribution in [3.8, 4) is 5.75 Å². The number of allylic oxidation sites excluding steroid dienone is 1. The first-order valence-corrected chi connectivity index (χ1v) is 6.66. The number of nitrogens with zero attached hydrogens (tertiary/aromatic N) is 3. The van der Waals surface area contributed by atoms with Crippen LogP contribution >= 0.6 is 15.9 Å². The molecule has 0 saturated heterocycles. The Morgan fingerprint density at radius 1 is 1.48 bits per heavy atom. The van der Waals surface area contributed by atoms with Gasteiger partial charge in [-0.2, -0.15) is 0 Å². The van der Waals surface area contributed by atoms with E-state index < -0.39 is 4.92 Å². The fourth-order valence-electron chi connectivity index (χ4n) is 2.02.